The predicted octanol–water partition coefficient (Wildman–Crippen LogP) is 1.08. The minimum atomic E-state index is 0.215. The van der Waals surface area contributed by atoms with Gasteiger partial charge in [-0.25, -0.2) is 9.97 Å². The predicted molar refractivity (Wildman–Crippen MR) is 68.4 cm³/mol. The maximum absolute atomic E-state index is 10.9. The molecule has 1 aromatic heterocycles. The Morgan fingerprint density at radius 2 is 2.17 bits per heavy atom. The molecule has 0 unspecified atom stereocenters. The number of ether oxygens (including phenoxy) is 1. The van der Waals surface area contributed by atoms with E-state index in [0.717, 1.165) is 0 Å². The van der Waals surface area contributed by atoms with Crippen LogP contribution in [0.3, 0.4) is 0 Å². The van der Waals surface area contributed by atoms with Crippen LogP contribution in [0.25, 0.3) is 11.3 Å². The van der Waals surface area contributed by atoms with E-state index < -0.39 is 0 Å². The van der Waals surface area contributed by atoms with Crippen molar-refractivity contribution >= 4 is 23.0 Å². The van der Waals surface area contributed by atoms with Gasteiger partial charge in [0.15, 0.2) is 16.6 Å². The Labute approximate surface area is 108 Å². The first-order chi connectivity index (χ1) is 8.67. The van der Waals surface area contributed by atoms with E-state index in [-0.39, 0.29) is 5.15 Å². The molecular formula is C11H11ClN4O2. The third-order valence-electron chi connectivity index (χ3n) is 2.45. The van der Waals surface area contributed by atoms with Crippen LogP contribution in [0.1, 0.15) is 0 Å². The van der Waals surface area contributed by atoms with Crippen LogP contribution in [-0.4, -0.2) is 17.1 Å². The number of quaternary nitrogens is 1. The zero-order valence-electron chi connectivity index (χ0n) is 9.55. The van der Waals surface area contributed by atoms with Gasteiger partial charge in [0.05, 0.1) is 12.8 Å². The largest absolute Gasteiger partial charge is 0.630 e. The zero-order valence-corrected chi connectivity index (χ0v) is 10.3. The van der Waals surface area contributed by atoms with Gasteiger partial charge in [-0.1, -0.05) is 17.7 Å². The highest BCUT2D eigenvalue weighted by Crippen LogP contribution is 2.33. The lowest BCUT2D eigenvalue weighted by Crippen LogP contribution is -2.70. The highest BCUT2D eigenvalue weighted by atomic mass is 35.5. The standard InChI is InChI=1S/C11H11ClN4O2/c1-18-10-9(14-5-15-11(10)12)6-2-3-7(13)8(4-6)16-17/h2-5H,13,16H2,1H3. The molecule has 2 aromatic rings. The van der Waals surface area contributed by atoms with Crippen molar-refractivity contribution in [3.63, 3.8) is 0 Å². The third-order valence-corrected chi connectivity index (χ3v) is 2.72. The Morgan fingerprint density at radius 3 is 2.83 bits per heavy atom. The molecule has 0 spiro atoms. The summed E-state index contributed by atoms with van der Waals surface area (Å²) in [6.45, 7) is 0. The van der Waals surface area contributed by atoms with Gasteiger partial charge in [0.25, 0.3) is 0 Å². The van der Waals surface area contributed by atoms with Crippen molar-refractivity contribution in [3.05, 3.63) is 34.9 Å². The molecule has 4 N–H and O–H groups in total. The van der Waals surface area contributed by atoms with Crippen LogP contribution in [-0.2, 0) is 0 Å². The number of nitrogens with zero attached hydrogens (tertiary/aromatic N) is 2. The fraction of sp³-hybridized carbons (Fsp3) is 0.0909. The number of anilines is 1. The normalized spacial score (nSPS) is 10.4. The third kappa shape index (κ3) is 2.21. The van der Waals surface area contributed by atoms with Gasteiger partial charge in [-0.05, 0) is 6.07 Å². The van der Waals surface area contributed by atoms with Crippen molar-refractivity contribution in [1.82, 2.24) is 9.97 Å². The van der Waals surface area contributed by atoms with Crippen LogP contribution in [0.15, 0.2) is 24.5 Å². The Hall–Kier alpha value is -1.89. The van der Waals surface area contributed by atoms with E-state index in [4.69, 9.17) is 22.1 Å². The maximum Gasteiger partial charge on any atom is 0.182 e. The molecule has 2 rings (SSSR count). The van der Waals surface area contributed by atoms with E-state index >= 15 is 0 Å². The molecule has 7 heteroatoms. The first kappa shape index (κ1) is 12.6. The van der Waals surface area contributed by atoms with Crippen molar-refractivity contribution < 1.29 is 10.2 Å². The second-order valence-corrected chi connectivity index (χ2v) is 3.87. The van der Waals surface area contributed by atoms with Gasteiger partial charge in [0.1, 0.15) is 12.0 Å². The van der Waals surface area contributed by atoms with Crippen LogP contribution in [0, 0.1) is 5.21 Å². The van der Waals surface area contributed by atoms with Gasteiger partial charge in [-0.3, -0.25) is 0 Å². The highest BCUT2D eigenvalue weighted by molar-refractivity contribution is 6.31. The Balaban J connectivity index is 2.58. The molecule has 1 aromatic carbocycles. The lowest BCUT2D eigenvalue weighted by Gasteiger charge is -2.10. The zero-order chi connectivity index (χ0) is 13.1. The summed E-state index contributed by atoms with van der Waals surface area (Å²) in [5.74, 6) is 0.362. The number of hydrogen-bond acceptors (Lipinski definition) is 5. The molecule has 0 aliphatic rings. The lowest BCUT2D eigenvalue weighted by atomic mass is 10.1. The molecular weight excluding hydrogens is 256 g/mol. The fourth-order valence-electron chi connectivity index (χ4n) is 1.56. The molecule has 0 saturated heterocycles. The maximum atomic E-state index is 10.9. The highest BCUT2D eigenvalue weighted by Gasteiger charge is 2.14. The van der Waals surface area contributed by atoms with E-state index in [1.807, 2.05) is 0 Å². The number of halogens is 1. The SMILES string of the molecule is COc1c(Cl)ncnc1-c1ccc(N)c([NH2+][O-])c1. The van der Waals surface area contributed by atoms with Gasteiger partial charge in [0, 0.05) is 11.6 Å². The monoisotopic (exact) mass is 266 g/mol. The lowest BCUT2D eigenvalue weighted by molar-refractivity contribution is -0.496. The van der Waals surface area contributed by atoms with Crippen LogP contribution in [0.5, 0.6) is 5.75 Å². The van der Waals surface area contributed by atoms with Crippen molar-refractivity contribution in [2.24, 2.45) is 0 Å². The molecule has 0 saturated carbocycles. The molecule has 18 heavy (non-hydrogen) atoms. The summed E-state index contributed by atoms with van der Waals surface area (Å²) in [6, 6.07) is 5.00. The Morgan fingerprint density at radius 1 is 1.39 bits per heavy atom. The minimum Gasteiger partial charge on any atom is -0.630 e. The molecule has 0 fully saturated rings. The average molecular weight is 267 g/mol. The molecule has 0 atom stereocenters. The number of hydrogen-bond donors (Lipinski definition) is 2. The number of nitrogens with two attached hydrogens (primary N) is 2. The molecule has 0 amide bonds. The quantitative estimate of drug-likeness (QED) is 0.492. The number of aromatic nitrogens is 2. The molecule has 94 valence electrons. The van der Waals surface area contributed by atoms with Crippen LogP contribution in [0.2, 0.25) is 5.15 Å². The Kier molecular flexibility index (Phi) is 3.61. The van der Waals surface area contributed by atoms with Crippen LogP contribution >= 0.6 is 11.6 Å². The van der Waals surface area contributed by atoms with Crippen molar-refractivity contribution in [1.29, 1.82) is 0 Å². The minimum absolute atomic E-state index is 0.215. The van der Waals surface area contributed by atoms with E-state index in [1.54, 1.807) is 18.2 Å². The number of rotatable bonds is 3. The summed E-state index contributed by atoms with van der Waals surface area (Å²) in [5, 5.41) is 11.1. The summed E-state index contributed by atoms with van der Waals surface area (Å²) >= 11 is 5.91. The first-order valence-corrected chi connectivity index (χ1v) is 5.44. The van der Waals surface area contributed by atoms with Crippen LogP contribution in [0.4, 0.5) is 11.4 Å². The van der Waals surface area contributed by atoms with Gasteiger partial charge >= 0.3 is 0 Å². The summed E-state index contributed by atoms with van der Waals surface area (Å²) in [4.78, 5) is 7.94. The number of nitrogen functional groups attached to an aromatic ring is 1. The van der Waals surface area contributed by atoms with Gasteiger partial charge in [-0.15, -0.1) is 0 Å². The van der Waals surface area contributed by atoms with Crippen molar-refractivity contribution in [3.8, 4) is 17.0 Å². The molecule has 6 nitrogen and oxygen atoms in total. The average Bonchev–Trinajstić information content (AvgIpc) is 2.39. The molecule has 1 heterocycles. The van der Waals surface area contributed by atoms with E-state index in [1.165, 1.54) is 13.4 Å². The fourth-order valence-corrected chi connectivity index (χ4v) is 1.77. The first-order valence-electron chi connectivity index (χ1n) is 5.07. The summed E-state index contributed by atoms with van der Waals surface area (Å²) < 4.78 is 5.16. The molecule has 0 radical (unpaired) electrons. The molecule has 0 aliphatic heterocycles. The molecule has 0 bridgehead atoms. The van der Waals surface area contributed by atoms with Gasteiger partial charge < -0.3 is 21.2 Å². The van der Waals surface area contributed by atoms with Crippen molar-refractivity contribution in [2.45, 2.75) is 0 Å². The summed E-state index contributed by atoms with van der Waals surface area (Å²) in [5.41, 5.74) is 8.35. The van der Waals surface area contributed by atoms with Gasteiger partial charge in [-0.2, -0.15) is 0 Å². The second kappa shape index (κ2) is 5.18. The summed E-state index contributed by atoms with van der Waals surface area (Å²) in [6.07, 6.45) is 1.33. The smallest absolute Gasteiger partial charge is 0.182 e. The van der Waals surface area contributed by atoms with E-state index in [0.29, 0.717) is 33.9 Å². The van der Waals surface area contributed by atoms with Crippen LogP contribution < -0.4 is 16.0 Å². The molecule has 0 aliphatic carbocycles. The van der Waals surface area contributed by atoms with E-state index in [2.05, 4.69) is 9.97 Å². The van der Waals surface area contributed by atoms with Gasteiger partial charge in [0.2, 0.25) is 0 Å². The second-order valence-electron chi connectivity index (χ2n) is 3.51. The topological polar surface area (TPSA) is 101 Å². The van der Waals surface area contributed by atoms with E-state index in [9.17, 15) is 5.21 Å². The number of methoxy groups -OCH3 is 1. The number of benzene rings is 1. The summed E-state index contributed by atoms with van der Waals surface area (Å²) in [7, 11) is 1.48. The van der Waals surface area contributed by atoms with Crippen molar-refractivity contribution in [2.75, 3.05) is 12.8 Å². The Bertz CT molecular complexity index is 577.